The van der Waals surface area contributed by atoms with Crippen LogP contribution in [0.4, 0.5) is 5.69 Å². The molecule has 2 N–H and O–H groups in total. The summed E-state index contributed by atoms with van der Waals surface area (Å²) in [5.41, 5.74) is 9.24. The van der Waals surface area contributed by atoms with Gasteiger partial charge < -0.3 is 15.0 Å². The fourth-order valence-corrected chi connectivity index (χ4v) is 3.22. The van der Waals surface area contributed by atoms with E-state index in [4.69, 9.17) is 10.5 Å². The lowest BCUT2D eigenvalue weighted by atomic mass is 9.93. The Balaban J connectivity index is 1.70. The van der Waals surface area contributed by atoms with Crippen LogP contribution in [0, 0.1) is 0 Å². The van der Waals surface area contributed by atoms with Crippen LogP contribution in [0.25, 0.3) is 10.9 Å². The molecule has 2 aromatic carbocycles. The lowest BCUT2D eigenvalue weighted by molar-refractivity contribution is 0.259. The topological polar surface area (TPSA) is 40.2 Å². The third kappa shape index (κ3) is 2.15. The summed E-state index contributed by atoms with van der Waals surface area (Å²) in [6, 6.07) is 16.6. The molecule has 0 bridgehead atoms. The molecular formula is C18H18N2O. The number of ether oxygens (including phenoxy) is 1. The molecule has 2 heterocycles. The highest BCUT2D eigenvalue weighted by Crippen LogP contribution is 2.35. The van der Waals surface area contributed by atoms with Crippen molar-refractivity contribution in [3.63, 3.8) is 0 Å². The number of anilines is 1. The smallest absolute Gasteiger partial charge is 0.122 e. The van der Waals surface area contributed by atoms with E-state index in [0.29, 0.717) is 5.92 Å². The first kappa shape index (κ1) is 12.3. The van der Waals surface area contributed by atoms with Crippen molar-refractivity contribution < 1.29 is 4.74 Å². The zero-order valence-corrected chi connectivity index (χ0v) is 11.8. The first-order chi connectivity index (χ1) is 10.3. The molecule has 3 aromatic rings. The van der Waals surface area contributed by atoms with Gasteiger partial charge >= 0.3 is 0 Å². The summed E-state index contributed by atoms with van der Waals surface area (Å²) in [5.74, 6) is 1.54. The zero-order chi connectivity index (χ0) is 14.2. The molecule has 1 aromatic heterocycles. The molecule has 0 saturated carbocycles. The van der Waals surface area contributed by atoms with Crippen molar-refractivity contribution in [2.24, 2.45) is 0 Å². The van der Waals surface area contributed by atoms with Gasteiger partial charge in [-0.05, 0) is 42.3 Å². The van der Waals surface area contributed by atoms with E-state index < -0.39 is 0 Å². The molecule has 106 valence electrons. The van der Waals surface area contributed by atoms with Gasteiger partial charge in [-0.25, -0.2) is 0 Å². The summed E-state index contributed by atoms with van der Waals surface area (Å²) in [6.07, 6.45) is 3.22. The third-order valence-corrected chi connectivity index (χ3v) is 4.29. The zero-order valence-electron chi connectivity index (χ0n) is 11.8. The van der Waals surface area contributed by atoms with Crippen molar-refractivity contribution in [2.75, 3.05) is 12.3 Å². The maximum Gasteiger partial charge on any atom is 0.122 e. The van der Waals surface area contributed by atoms with Crippen LogP contribution in [-0.4, -0.2) is 11.2 Å². The number of nitrogens with zero attached hydrogens (tertiary/aromatic N) is 1. The van der Waals surface area contributed by atoms with E-state index in [-0.39, 0.29) is 0 Å². The van der Waals surface area contributed by atoms with Crippen molar-refractivity contribution in [1.29, 1.82) is 0 Å². The summed E-state index contributed by atoms with van der Waals surface area (Å²) in [5, 5.41) is 1.20. The molecule has 3 nitrogen and oxygen atoms in total. The Labute approximate surface area is 123 Å². The highest BCUT2D eigenvalue weighted by Gasteiger charge is 2.21. The van der Waals surface area contributed by atoms with Crippen molar-refractivity contribution in [3.8, 4) is 5.75 Å². The summed E-state index contributed by atoms with van der Waals surface area (Å²) in [6.45, 7) is 1.78. The maximum absolute atomic E-state index is 5.85. The predicted molar refractivity (Wildman–Crippen MR) is 85.6 cm³/mol. The number of rotatable bonds is 2. The lowest BCUT2D eigenvalue weighted by Gasteiger charge is -2.26. The molecule has 1 aliphatic rings. The number of nitrogens with two attached hydrogens (primary N) is 1. The van der Waals surface area contributed by atoms with Gasteiger partial charge in [0.2, 0.25) is 0 Å². The number of hydrogen-bond acceptors (Lipinski definition) is 2. The van der Waals surface area contributed by atoms with E-state index in [0.717, 1.165) is 31.0 Å². The molecule has 21 heavy (non-hydrogen) atoms. The first-order valence-electron chi connectivity index (χ1n) is 7.37. The third-order valence-electron chi connectivity index (χ3n) is 4.29. The maximum atomic E-state index is 5.85. The van der Waals surface area contributed by atoms with Crippen LogP contribution in [0.1, 0.15) is 17.9 Å². The van der Waals surface area contributed by atoms with Gasteiger partial charge in [0.25, 0.3) is 0 Å². The fraction of sp³-hybridized carbons (Fsp3) is 0.222. The normalized spacial score (nSPS) is 17.4. The molecule has 3 heteroatoms. The number of aromatic nitrogens is 1. The second-order valence-corrected chi connectivity index (χ2v) is 5.66. The number of para-hydroxylation sites is 1. The fourth-order valence-electron chi connectivity index (χ4n) is 3.22. The Morgan fingerprint density at radius 2 is 2.05 bits per heavy atom. The minimum Gasteiger partial charge on any atom is -0.493 e. The van der Waals surface area contributed by atoms with Gasteiger partial charge in [0.05, 0.1) is 6.61 Å². The highest BCUT2D eigenvalue weighted by atomic mass is 16.5. The predicted octanol–water partition coefficient (Wildman–Crippen LogP) is 3.79. The van der Waals surface area contributed by atoms with E-state index in [1.807, 2.05) is 18.2 Å². The molecule has 4 rings (SSSR count). The van der Waals surface area contributed by atoms with Crippen molar-refractivity contribution in [3.05, 3.63) is 60.3 Å². The minimum atomic E-state index is 0.503. The number of benzene rings is 2. The molecule has 0 radical (unpaired) electrons. The molecule has 0 fully saturated rings. The second kappa shape index (κ2) is 4.85. The largest absolute Gasteiger partial charge is 0.493 e. The molecule has 0 saturated heterocycles. The molecular weight excluding hydrogens is 260 g/mol. The lowest BCUT2D eigenvalue weighted by Crippen LogP contribution is -2.18. The molecule has 0 spiro atoms. The molecule has 1 aliphatic heterocycles. The minimum absolute atomic E-state index is 0.503. The van der Waals surface area contributed by atoms with Gasteiger partial charge in [-0.15, -0.1) is 0 Å². The second-order valence-electron chi connectivity index (χ2n) is 5.66. The van der Waals surface area contributed by atoms with Crippen molar-refractivity contribution in [2.45, 2.75) is 18.9 Å². The Morgan fingerprint density at radius 1 is 1.14 bits per heavy atom. The van der Waals surface area contributed by atoms with Crippen molar-refractivity contribution in [1.82, 2.24) is 4.57 Å². The van der Waals surface area contributed by atoms with Crippen LogP contribution in [0.2, 0.25) is 0 Å². The summed E-state index contributed by atoms with van der Waals surface area (Å²) in [4.78, 5) is 0. The summed E-state index contributed by atoms with van der Waals surface area (Å²) in [7, 11) is 0. The van der Waals surface area contributed by atoms with Crippen LogP contribution < -0.4 is 10.5 Å². The average Bonchev–Trinajstić information content (AvgIpc) is 2.90. The summed E-state index contributed by atoms with van der Waals surface area (Å²) >= 11 is 0. The van der Waals surface area contributed by atoms with Crippen LogP contribution >= 0.6 is 0 Å². The number of nitrogen functional groups attached to an aromatic ring is 1. The van der Waals surface area contributed by atoms with E-state index >= 15 is 0 Å². The molecule has 0 amide bonds. The quantitative estimate of drug-likeness (QED) is 0.724. The van der Waals surface area contributed by atoms with Gasteiger partial charge in [-0.1, -0.05) is 18.2 Å². The van der Waals surface area contributed by atoms with Gasteiger partial charge in [0.1, 0.15) is 5.75 Å². The standard InChI is InChI=1S/C18H18N2O/c19-15-5-6-17-13(11-15)7-9-20(17)12-14-8-10-21-18-4-2-1-3-16(14)18/h1-7,9,11,14H,8,10,12,19H2. The number of hydrogen-bond donors (Lipinski definition) is 1. The Morgan fingerprint density at radius 3 is 3.00 bits per heavy atom. The van der Waals surface area contributed by atoms with Gasteiger partial charge in [-0.3, -0.25) is 0 Å². The molecule has 1 unspecified atom stereocenters. The van der Waals surface area contributed by atoms with E-state index in [9.17, 15) is 0 Å². The average molecular weight is 278 g/mol. The van der Waals surface area contributed by atoms with E-state index in [1.54, 1.807) is 0 Å². The van der Waals surface area contributed by atoms with E-state index in [2.05, 4.69) is 41.1 Å². The Bertz CT molecular complexity index is 791. The monoisotopic (exact) mass is 278 g/mol. The Hall–Kier alpha value is -2.42. The summed E-state index contributed by atoms with van der Waals surface area (Å²) < 4.78 is 8.07. The SMILES string of the molecule is Nc1ccc2c(ccn2CC2CCOc3ccccc32)c1. The van der Waals surface area contributed by atoms with Crippen LogP contribution in [0.3, 0.4) is 0 Å². The highest BCUT2D eigenvalue weighted by molar-refractivity contribution is 5.83. The van der Waals surface area contributed by atoms with Crippen LogP contribution in [0.5, 0.6) is 5.75 Å². The Kier molecular flexibility index (Phi) is 2.85. The first-order valence-corrected chi connectivity index (χ1v) is 7.37. The van der Waals surface area contributed by atoms with Gasteiger partial charge in [-0.2, -0.15) is 0 Å². The van der Waals surface area contributed by atoms with E-state index in [1.165, 1.54) is 16.5 Å². The van der Waals surface area contributed by atoms with Crippen molar-refractivity contribution >= 4 is 16.6 Å². The van der Waals surface area contributed by atoms with Gasteiger partial charge in [0.15, 0.2) is 0 Å². The molecule has 0 aliphatic carbocycles. The van der Waals surface area contributed by atoms with Crippen LogP contribution in [-0.2, 0) is 6.54 Å². The van der Waals surface area contributed by atoms with Gasteiger partial charge in [0, 0.05) is 35.2 Å². The molecule has 1 atom stereocenters. The van der Waals surface area contributed by atoms with Crippen LogP contribution in [0.15, 0.2) is 54.7 Å². The number of fused-ring (bicyclic) bond motifs is 2.